The highest BCUT2D eigenvalue weighted by molar-refractivity contribution is 7.80. The third-order valence-electron chi connectivity index (χ3n) is 5.09. The van der Waals surface area contributed by atoms with E-state index in [1.165, 1.54) is 46.7 Å². The molecule has 2 unspecified atom stereocenters. The van der Waals surface area contributed by atoms with Gasteiger partial charge in [0.25, 0.3) is 0 Å². The quantitative estimate of drug-likeness (QED) is 0.588. The predicted molar refractivity (Wildman–Crippen MR) is 106 cm³/mol. The molecule has 122 valence electrons. The molecule has 1 saturated heterocycles. The summed E-state index contributed by atoms with van der Waals surface area (Å²) in [5.41, 5.74) is 4.03. The molecular weight excluding hydrogens is 310 g/mol. The Balaban J connectivity index is 1.78. The molecular formula is C22H23NS. The molecule has 0 radical (unpaired) electrons. The van der Waals surface area contributed by atoms with Crippen LogP contribution in [-0.4, -0.2) is 6.54 Å². The summed E-state index contributed by atoms with van der Waals surface area (Å²) in [5.74, 6) is 0. The van der Waals surface area contributed by atoms with Crippen LogP contribution in [0.1, 0.15) is 47.2 Å². The third kappa shape index (κ3) is 2.97. The first-order valence-corrected chi connectivity index (χ1v) is 9.34. The van der Waals surface area contributed by atoms with Crippen molar-refractivity contribution in [2.45, 2.75) is 30.6 Å². The monoisotopic (exact) mass is 333 g/mol. The Morgan fingerprint density at radius 1 is 0.833 bits per heavy atom. The first-order valence-electron chi connectivity index (χ1n) is 8.82. The van der Waals surface area contributed by atoms with E-state index in [1.54, 1.807) is 0 Å². The molecule has 1 nitrogen and oxygen atoms in total. The van der Waals surface area contributed by atoms with Crippen molar-refractivity contribution < 1.29 is 0 Å². The second-order valence-corrected chi connectivity index (χ2v) is 7.12. The highest BCUT2D eigenvalue weighted by Crippen LogP contribution is 2.38. The maximum atomic E-state index is 5.05. The van der Waals surface area contributed by atoms with Gasteiger partial charge in [0.2, 0.25) is 0 Å². The molecule has 0 amide bonds. The maximum absolute atomic E-state index is 5.05. The summed E-state index contributed by atoms with van der Waals surface area (Å²) in [6.45, 7) is 1.12. The van der Waals surface area contributed by atoms with E-state index in [-0.39, 0.29) is 5.25 Å². The average molecular weight is 334 g/mol. The minimum Gasteiger partial charge on any atom is -0.310 e. The Hall–Kier alpha value is -1.77. The van der Waals surface area contributed by atoms with Crippen molar-refractivity contribution in [2.24, 2.45) is 0 Å². The summed E-state index contributed by atoms with van der Waals surface area (Å²) in [4.78, 5) is 0. The Kier molecular flexibility index (Phi) is 4.59. The Morgan fingerprint density at radius 2 is 1.58 bits per heavy atom. The van der Waals surface area contributed by atoms with Gasteiger partial charge in [-0.3, -0.25) is 0 Å². The number of hydrogen-bond donors (Lipinski definition) is 2. The van der Waals surface area contributed by atoms with Crippen LogP contribution in [0.25, 0.3) is 10.8 Å². The molecule has 2 atom stereocenters. The van der Waals surface area contributed by atoms with Crippen LogP contribution in [0.2, 0.25) is 0 Å². The highest BCUT2D eigenvalue weighted by Gasteiger charge is 2.22. The second-order valence-electron chi connectivity index (χ2n) is 6.60. The number of thiol groups is 1. The molecule has 2 heteroatoms. The molecule has 1 heterocycles. The minimum atomic E-state index is 0.0935. The van der Waals surface area contributed by atoms with Crippen LogP contribution in [0, 0.1) is 0 Å². The lowest BCUT2D eigenvalue weighted by atomic mass is 9.89. The van der Waals surface area contributed by atoms with Gasteiger partial charge in [-0.05, 0) is 46.8 Å². The topological polar surface area (TPSA) is 12.0 Å². The summed E-state index contributed by atoms with van der Waals surface area (Å²) in [7, 11) is 0. The number of benzene rings is 3. The van der Waals surface area contributed by atoms with E-state index in [9.17, 15) is 0 Å². The lowest BCUT2D eigenvalue weighted by molar-refractivity contribution is 0.410. The van der Waals surface area contributed by atoms with Gasteiger partial charge in [-0.25, -0.2) is 0 Å². The van der Waals surface area contributed by atoms with Crippen LogP contribution in [0.5, 0.6) is 0 Å². The minimum absolute atomic E-state index is 0.0935. The van der Waals surface area contributed by atoms with Crippen LogP contribution in [0.4, 0.5) is 0 Å². The second kappa shape index (κ2) is 7.00. The molecule has 1 fully saturated rings. The van der Waals surface area contributed by atoms with Gasteiger partial charge >= 0.3 is 0 Å². The van der Waals surface area contributed by atoms with Crippen molar-refractivity contribution in [3.8, 4) is 0 Å². The zero-order chi connectivity index (χ0) is 16.4. The van der Waals surface area contributed by atoms with Crippen LogP contribution < -0.4 is 5.32 Å². The van der Waals surface area contributed by atoms with E-state index in [0.29, 0.717) is 6.04 Å². The Labute approximate surface area is 149 Å². The largest absolute Gasteiger partial charge is 0.310 e. The summed E-state index contributed by atoms with van der Waals surface area (Å²) < 4.78 is 0. The van der Waals surface area contributed by atoms with Gasteiger partial charge in [0.15, 0.2) is 0 Å². The fourth-order valence-corrected chi connectivity index (χ4v) is 4.31. The molecule has 1 N–H and O–H groups in total. The van der Waals surface area contributed by atoms with Crippen molar-refractivity contribution in [1.29, 1.82) is 0 Å². The van der Waals surface area contributed by atoms with Gasteiger partial charge in [0, 0.05) is 6.04 Å². The zero-order valence-electron chi connectivity index (χ0n) is 13.8. The van der Waals surface area contributed by atoms with Gasteiger partial charge in [-0.1, -0.05) is 73.2 Å². The zero-order valence-corrected chi connectivity index (χ0v) is 14.7. The van der Waals surface area contributed by atoms with Crippen molar-refractivity contribution in [3.05, 3.63) is 83.4 Å². The summed E-state index contributed by atoms with van der Waals surface area (Å²) in [6, 6.07) is 24.4. The predicted octanol–water partition coefficient (Wildman–Crippen LogP) is 5.67. The van der Waals surface area contributed by atoms with E-state index in [0.717, 1.165) is 6.54 Å². The molecule has 0 bridgehead atoms. The molecule has 24 heavy (non-hydrogen) atoms. The molecule has 4 rings (SSSR count). The first-order chi connectivity index (χ1) is 11.8. The van der Waals surface area contributed by atoms with Crippen LogP contribution in [0.15, 0.2) is 66.7 Å². The standard InChI is InChI=1S/C22H23NS/c24-22(19-13-7-9-16-8-1-2-10-17(16)19)20-12-4-3-11-18(20)21-14-5-6-15-23-21/h1-4,7-13,21-24H,5-6,14-15H2. The average Bonchev–Trinajstić information content (AvgIpc) is 2.68. The summed E-state index contributed by atoms with van der Waals surface area (Å²) >= 11 is 5.05. The van der Waals surface area contributed by atoms with Crippen molar-refractivity contribution >= 4 is 23.4 Å². The molecule has 0 aliphatic carbocycles. The molecule has 1 aliphatic heterocycles. The van der Waals surface area contributed by atoms with Gasteiger partial charge in [0.05, 0.1) is 5.25 Å². The van der Waals surface area contributed by atoms with E-state index in [1.807, 2.05) is 0 Å². The third-order valence-corrected chi connectivity index (χ3v) is 5.65. The van der Waals surface area contributed by atoms with E-state index < -0.39 is 0 Å². The molecule has 0 saturated carbocycles. The fraction of sp³-hybridized carbons (Fsp3) is 0.273. The number of fused-ring (bicyclic) bond motifs is 1. The fourth-order valence-electron chi connectivity index (χ4n) is 3.85. The van der Waals surface area contributed by atoms with Crippen molar-refractivity contribution in [2.75, 3.05) is 6.54 Å². The SMILES string of the molecule is SC(c1ccccc1C1CCCCN1)c1cccc2ccccc12. The molecule has 0 spiro atoms. The van der Waals surface area contributed by atoms with Crippen LogP contribution in [-0.2, 0) is 0 Å². The number of nitrogens with one attached hydrogen (secondary N) is 1. The molecule has 1 aliphatic rings. The number of hydrogen-bond acceptors (Lipinski definition) is 2. The van der Waals surface area contributed by atoms with E-state index >= 15 is 0 Å². The van der Waals surface area contributed by atoms with Crippen molar-refractivity contribution in [1.82, 2.24) is 5.32 Å². The van der Waals surface area contributed by atoms with Gasteiger partial charge in [0.1, 0.15) is 0 Å². The van der Waals surface area contributed by atoms with Crippen molar-refractivity contribution in [3.63, 3.8) is 0 Å². The van der Waals surface area contributed by atoms with Gasteiger partial charge in [-0.15, -0.1) is 0 Å². The van der Waals surface area contributed by atoms with Crippen LogP contribution >= 0.6 is 12.6 Å². The summed E-state index contributed by atoms with van der Waals surface area (Å²) in [5, 5.41) is 6.36. The number of rotatable bonds is 3. The Bertz CT molecular complexity index is 831. The molecule has 0 aromatic heterocycles. The normalized spacial score (nSPS) is 19.3. The van der Waals surface area contributed by atoms with E-state index in [2.05, 4.69) is 72.0 Å². The molecule has 3 aromatic rings. The van der Waals surface area contributed by atoms with Gasteiger partial charge < -0.3 is 5.32 Å². The van der Waals surface area contributed by atoms with Gasteiger partial charge in [-0.2, -0.15) is 12.6 Å². The van der Waals surface area contributed by atoms with E-state index in [4.69, 9.17) is 12.6 Å². The lowest BCUT2D eigenvalue weighted by Gasteiger charge is -2.28. The highest BCUT2D eigenvalue weighted by atomic mass is 32.1. The first kappa shape index (κ1) is 15.7. The van der Waals surface area contributed by atoms with Crippen LogP contribution in [0.3, 0.4) is 0 Å². The summed E-state index contributed by atoms with van der Waals surface area (Å²) in [6.07, 6.45) is 3.80. The number of piperidine rings is 1. The Morgan fingerprint density at radius 3 is 2.46 bits per heavy atom. The lowest BCUT2D eigenvalue weighted by Crippen LogP contribution is -2.27. The smallest absolute Gasteiger partial charge is 0.0525 e. The maximum Gasteiger partial charge on any atom is 0.0525 e. The molecule has 3 aromatic carbocycles.